The van der Waals surface area contributed by atoms with Crippen LogP contribution in [-0.2, 0) is 9.59 Å². The molecule has 2 aliphatic rings. The molecule has 102 valence electrons. The third-order valence-corrected chi connectivity index (χ3v) is 4.05. The normalized spacial score (nSPS) is 29.4. The zero-order valence-electron chi connectivity index (χ0n) is 11.0. The number of likely N-dealkylation sites (tertiary alicyclic amines) is 1. The van der Waals surface area contributed by atoms with Crippen molar-refractivity contribution in [3.05, 3.63) is 0 Å². The minimum atomic E-state index is -0.357. The highest BCUT2D eigenvalue weighted by Crippen LogP contribution is 2.25. The summed E-state index contributed by atoms with van der Waals surface area (Å²) in [7, 11) is 0. The highest BCUT2D eigenvalue weighted by atomic mass is 16.2. The maximum Gasteiger partial charge on any atom is 0.239 e. The summed E-state index contributed by atoms with van der Waals surface area (Å²) in [5.74, 6) is 0.639. The number of hydrogen-bond donors (Lipinski definition) is 2. The topological polar surface area (TPSA) is 75.4 Å². The second-order valence-electron chi connectivity index (χ2n) is 5.44. The Kier molecular flexibility index (Phi) is 4.22. The van der Waals surface area contributed by atoms with E-state index < -0.39 is 0 Å². The van der Waals surface area contributed by atoms with Gasteiger partial charge in [-0.2, -0.15) is 0 Å². The molecule has 3 N–H and O–H groups in total. The lowest BCUT2D eigenvalue weighted by Crippen LogP contribution is -2.57. The van der Waals surface area contributed by atoms with Crippen LogP contribution in [0.5, 0.6) is 0 Å². The monoisotopic (exact) mass is 253 g/mol. The summed E-state index contributed by atoms with van der Waals surface area (Å²) >= 11 is 0. The minimum absolute atomic E-state index is 0.0761. The molecule has 0 aromatic heterocycles. The molecular formula is C13H23N3O2. The molecule has 0 aromatic rings. The van der Waals surface area contributed by atoms with Crippen molar-refractivity contribution in [3.63, 3.8) is 0 Å². The van der Waals surface area contributed by atoms with Gasteiger partial charge in [-0.25, -0.2) is 0 Å². The number of hydrogen-bond acceptors (Lipinski definition) is 3. The lowest BCUT2D eigenvalue weighted by Gasteiger charge is -2.42. The maximum atomic E-state index is 12.1. The Balaban J connectivity index is 1.90. The van der Waals surface area contributed by atoms with Crippen LogP contribution >= 0.6 is 0 Å². The highest BCUT2D eigenvalue weighted by molar-refractivity contribution is 5.82. The van der Waals surface area contributed by atoms with E-state index in [2.05, 4.69) is 5.32 Å². The van der Waals surface area contributed by atoms with E-state index in [0.717, 1.165) is 38.8 Å². The van der Waals surface area contributed by atoms with Gasteiger partial charge < -0.3 is 16.0 Å². The van der Waals surface area contributed by atoms with Crippen molar-refractivity contribution in [1.29, 1.82) is 0 Å². The average Bonchev–Trinajstić information content (AvgIpc) is 2.37. The molecule has 2 rings (SSSR count). The summed E-state index contributed by atoms with van der Waals surface area (Å²) in [6.45, 7) is 3.51. The Labute approximate surface area is 108 Å². The van der Waals surface area contributed by atoms with Crippen LogP contribution in [0.1, 0.15) is 39.0 Å². The molecule has 5 heteroatoms. The second-order valence-corrected chi connectivity index (χ2v) is 5.44. The van der Waals surface area contributed by atoms with Crippen molar-refractivity contribution in [2.24, 2.45) is 11.7 Å². The molecule has 0 bridgehead atoms. The van der Waals surface area contributed by atoms with E-state index in [-0.39, 0.29) is 23.9 Å². The predicted molar refractivity (Wildman–Crippen MR) is 68.7 cm³/mol. The van der Waals surface area contributed by atoms with Gasteiger partial charge in [0.15, 0.2) is 0 Å². The molecule has 0 aromatic carbocycles. The van der Waals surface area contributed by atoms with Gasteiger partial charge in [0, 0.05) is 25.6 Å². The van der Waals surface area contributed by atoms with E-state index in [9.17, 15) is 9.59 Å². The lowest BCUT2D eigenvalue weighted by molar-refractivity contribution is -0.136. The van der Waals surface area contributed by atoms with Crippen molar-refractivity contribution in [3.8, 4) is 0 Å². The van der Waals surface area contributed by atoms with Gasteiger partial charge in [0.05, 0.1) is 6.04 Å². The Morgan fingerprint density at radius 2 is 2.33 bits per heavy atom. The van der Waals surface area contributed by atoms with Crippen LogP contribution in [0.4, 0.5) is 0 Å². The summed E-state index contributed by atoms with van der Waals surface area (Å²) in [5.41, 5.74) is 5.89. The van der Waals surface area contributed by atoms with Gasteiger partial charge in [0.2, 0.25) is 11.8 Å². The van der Waals surface area contributed by atoms with E-state index >= 15 is 0 Å². The van der Waals surface area contributed by atoms with Crippen molar-refractivity contribution in [2.45, 2.75) is 51.1 Å². The largest absolute Gasteiger partial charge is 0.353 e. The molecule has 2 amide bonds. The zero-order valence-corrected chi connectivity index (χ0v) is 11.0. The van der Waals surface area contributed by atoms with E-state index in [1.807, 2.05) is 11.8 Å². The molecular weight excluding hydrogens is 230 g/mol. The predicted octanol–water partition coefficient (Wildman–Crippen LogP) is 0.241. The number of amides is 2. The Hall–Kier alpha value is -1.10. The molecule has 2 unspecified atom stereocenters. The lowest BCUT2D eigenvalue weighted by atomic mass is 9.85. The van der Waals surface area contributed by atoms with E-state index in [1.54, 1.807) is 0 Å². The van der Waals surface area contributed by atoms with E-state index in [1.165, 1.54) is 0 Å². The van der Waals surface area contributed by atoms with Gasteiger partial charge in [-0.3, -0.25) is 9.59 Å². The van der Waals surface area contributed by atoms with Crippen LogP contribution in [0.15, 0.2) is 0 Å². The van der Waals surface area contributed by atoms with Crippen molar-refractivity contribution in [1.82, 2.24) is 10.2 Å². The molecule has 0 aliphatic carbocycles. The Bertz CT molecular complexity index is 332. The molecule has 2 fully saturated rings. The fourth-order valence-electron chi connectivity index (χ4n) is 2.98. The summed E-state index contributed by atoms with van der Waals surface area (Å²) in [5, 5.41) is 3.02. The number of fused-ring (bicyclic) bond motifs is 1. The summed E-state index contributed by atoms with van der Waals surface area (Å²) in [6, 6.07) is -0.0950. The Morgan fingerprint density at radius 3 is 3.06 bits per heavy atom. The maximum absolute atomic E-state index is 12.1. The minimum Gasteiger partial charge on any atom is -0.353 e. The van der Waals surface area contributed by atoms with Crippen LogP contribution in [-0.4, -0.2) is 41.9 Å². The molecule has 0 spiro atoms. The number of nitrogens with two attached hydrogens (primary N) is 1. The van der Waals surface area contributed by atoms with Crippen LogP contribution in [0.3, 0.4) is 0 Å². The molecule has 0 saturated carbocycles. The fourth-order valence-corrected chi connectivity index (χ4v) is 2.98. The third kappa shape index (κ3) is 2.83. The number of piperidine rings is 2. The van der Waals surface area contributed by atoms with Gasteiger partial charge in [-0.05, 0) is 25.2 Å². The first-order chi connectivity index (χ1) is 8.61. The molecule has 2 aliphatic heterocycles. The highest BCUT2D eigenvalue weighted by Gasteiger charge is 2.36. The first kappa shape index (κ1) is 13.3. The zero-order chi connectivity index (χ0) is 13.1. The van der Waals surface area contributed by atoms with E-state index in [0.29, 0.717) is 12.3 Å². The quantitative estimate of drug-likeness (QED) is 0.756. The molecule has 3 atom stereocenters. The van der Waals surface area contributed by atoms with E-state index in [4.69, 9.17) is 5.73 Å². The van der Waals surface area contributed by atoms with Crippen LogP contribution < -0.4 is 11.1 Å². The average molecular weight is 253 g/mol. The number of nitrogens with one attached hydrogen (secondary N) is 1. The van der Waals surface area contributed by atoms with Crippen molar-refractivity contribution in [2.75, 3.05) is 13.1 Å². The number of carbonyl (C=O) groups excluding carboxylic acids is 2. The van der Waals surface area contributed by atoms with Crippen LogP contribution in [0.2, 0.25) is 0 Å². The van der Waals surface area contributed by atoms with Crippen molar-refractivity contribution >= 4 is 11.8 Å². The van der Waals surface area contributed by atoms with Gasteiger partial charge in [-0.1, -0.05) is 13.3 Å². The van der Waals surface area contributed by atoms with Crippen LogP contribution in [0.25, 0.3) is 0 Å². The SMILES string of the molecule is CCC[C@H](N)C(=O)N1CCC2NC(=O)CCC2C1. The summed E-state index contributed by atoms with van der Waals surface area (Å²) in [4.78, 5) is 25.3. The smallest absolute Gasteiger partial charge is 0.239 e. The fraction of sp³-hybridized carbons (Fsp3) is 0.846. The molecule has 18 heavy (non-hydrogen) atoms. The summed E-state index contributed by atoms with van der Waals surface area (Å²) in [6.07, 6.45) is 4.03. The third-order valence-electron chi connectivity index (χ3n) is 4.05. The number of rotatable bonds is 3. The van der Waals surface area contributed by atoms with Gasteiger partial charge in [0.25, 0.3) is 0 Å². The van der Waals surface area contributed by atoms with Crippen molar-refractivity contribution < 1.29 is 9.59 Å². The van der Waals surface area contributed by atoms with Gasteiger partial charge >= 0.3 is 0 Å². The van der Waals surface area contributed by atoms with Gasteiger partial charge in [0.1, 0.15) is 0 Å². The molecule has 5 nitrogen and oxygen atoms in total. The molecule has 2 heterocycles. The Morgan fingerprint density at radius 1 is 1.56 bits per heavy atom. The van der Waals surface area contributed by atoms with Gasteiger partial charge in [-0.15, -0.1) is 0 Å². The van der Waals surface area contributed by atoms with Crippen LogP contribution in [0, 0.1) is 5.92 Å². The first-order valence-electron chi connectivity index (χ1n) is 6.95. The standard InChI is InChI=1S/C13H23N3O2/c1-2-3-10(14)13(18)16-7-6-11-9(8-16)4-5-12(17)15-11/h9-11H,2-8,14H2,1H3,(H,15,17)/t9?,10-,11?/m0/s1. The number of carbonyl (C=O) groups is 2. The first-order valence-corrected chi connectivity index (χ1v) is 6.95. The number of nitrogens with zero attached hydrogens (tertiary/aromatic N) is 1. The molecule has 0 radical (unpaired) electrons. The summed E-state index contributed by atoms with van der Waals surface area (Å²) < 4.78 is 0. The second kappa shape index (κ2) is 5.69. The molecule has 2 saturated heterocycles.